The van der Waals surface area contributed by atoms with E-state index in [4.69, 9.17) is 9.97 Å². The monoisotopic (exact) mass is 1530 g/mol. The van der Waals surface area contributed by atoms with Crippen LogP contribution in [0.5, 0.6) is 0 Å². The molecular formula is C116H71N5. The van der Waals surface area contributed by atoms with Crippen LogP contribution in [0.2, 0.25) is 0 Å². The zero-order chi connectivity index (χ0) is 79.3. The van der Waals surface area contributed by atoms with Crippen molar-refractivity contribution in [2.24, 2.45) is 0 Å². The van der Waals surface area contributed by atoms with Gasteiger partial charge in [0, 0.05) is 65.4 Å². The Balaban J connectivity index is 0.000000101. The molecule has 0 spiro atoms. The van der Waals surface area contributed by atoms with Gasteiger partial charge in [0.2, 0.25) is 0 Å². The minimum Gasteiger partial charge on any atom is -0.309 e. The molecule has 121 heavy (non-hydrogen) atoms. The van der Waals surface area contributed by atoms with Crippen LogP contribution in [0.4, 0.5) is 0 Å². The highest BCUT2D eigenvalue weighted by molar-refractivity contribution is 6.35. The Morgan fingerprint density at radius 3 is 0.826 bits per heavy atom. The average molecular weight is 1530 g/mol. The number of benzene rings is 20. The van der Waals surface area contributed by atoms with Crippen LogP contribution >= 0.6 is 0 Å². The molecule has 3 aliphatic rings. The fraction of sp³-hybridized carbons (Fsp3) is 0. The largest absolute Gasteiger partial charge is 0.309 e. The molecule has 0 aliphatic heterocycles. The highest BCUT2D eigenvalue weighted by atomic mass is 15.1. The van der Waals surface area contributed by atoms with Crippen LogP contribution in [0, 0.1) is 0 Å². The minimum atomic E-state index is 0.839. The molecule has 24 aromatic rings. The van der Waals surface area contributed by atoms with E-state index >= 15 is 0 Å². The van der Waals surface area contributed by atoms with Gasteiger partial charge in [-0.25, -0.2) is 9.97 Å². The summed E-state index contributed by atoms with van der Waals surface area (Å²) in [6.07, 6.45) is 0. The molecule has 0 bridgehead atoms. The lowest BCUT2D eigenvalue weighted by molar-refractivity contribution is 1.08. The quantitative estimate of drug-likeness (QED) is 0.152. The molecule has 0 unspecified atom stereocenters. The van der Waals surface area contributed by atoms with E-state index in [0.29, 0.717) is 0 Å². The third kappa shape index (κ3) is 10.4. The van der Waals surface area contributed by atoms with Gasteiger partial charge in [-0.3, -0.25) is 4.57 Å². The Labute approximate surface area is 698 Å². The van der Waals surface area contributed by atoms with Crippen LogP contribution in [0.25, 0.3) is 248 Å². The Morgan fingerprint density at radius 1 is 0.149 bits per heavy atom. The van der Waals surface area contributed by atoms with Gasteiger partial charge in [0.1, 0.15) is 5.69 Å². The van der Waals surface area contributed by atoms with E-state index in [0.717, 1.165) is 39.1 Å². The summed E-state index contributed by atoms with van der Waals surface area (Å²) in [7, 11) is 0. The molecule has 20 aromatic carbocycles. The second-order valence-corrected chi connectivity index (χ2v) is 32.0. The summed E-state index contributed by atoms with van der Waals surface area (Å²) in [4.78, 5) is 10.6. The van der Waals surface area contributed by atoms with Gasteiger partial charge in [0.05, 0.1) is 44.1 Å². The number of para-hydroxylation sites is 3. The van der Waals surface area contributed by atoms with Crippen molar-refractivity contribution in [2.75, 3.05) is 0 Å². The lowest BCUT2D eigenvalue weighted by atomic mass is 9.90. The molecule has 0 fully saturated rings. The zero-order valence-electron chi connectivity index (χ0n) is 65.7. The molecule has 0 amide bonds. The fourth-order valence-electron chi connectivity index (χ4n) is 20.5. The molecular weight excluding hydrogens is 1460 g/mol. The molecule has 3 aliphatic carbocycles. The first-order chi connectivity index (χ1) is 60.1. The maximum Gasteiger partial charge on any atom is 0.165 e. The molecule has 0 radical (unpaired) electrons. The van der Waals surface area contributed by atoms with E-state index in [2.05, 4.69) is 420 Å². The summed E-state index contributed by atoms with van der Waals surface area (Å²) in [5.41, 5.74) is 38.7. The summed E-state index contributed by atoms with van der Waals surface area (Å²) < 4.78 is 7.25. The summed E-state index contributed by atoms with van der Waals surface area (Å²) in [6, 6.07) is 156. The van der Waals surface area contributed by atoms with Crippen molar-refractivity contribution in [1.82, 2.24) is 23.7 Å². The van der Waals surface area contributed by atoms with E-state index in [1.54, 1.807) is 0 Å². The first kappa shape index (κ1) is 68.2. The molecule has 4 heterocycles. The predicted molar refractivity (Wildman–Crippen MR) is 508 cm³/mol. The topological polar surface area (TPSA) is 40.6 Å². The fourth-order valence-corrected chi connectivity index (χ4v) is 20.5. The molecule has 0 N–H and O–H groups in total. The average Bonchev–Trinajstić information content (AvgIpc) is 1.55. The van der Waals surface area contributed by atoms with Gasteiger partial charge in [0.15, 0.2) is 5.82 Å². The van der Waals surface area contributed by atoms with Crippen molar-refractivity contribution in [2.45, 2.75) is 0 Å². The van der Waals surface area contributed by atoms with Gasteiger partial charge in [-0.15, -0.1) is 0 Å². The predicted octanol–water partition coefficient (Wildman–Crippen LogP) is 31.0. The van der Waals surface area contributed by atoms with Gasteiger partial charge in [-0.1, -0.05) is 358 Å². The van der Waals surface area contributed by atoms with Crippen molar-refractivity contribution in [3.8, 4) is 140 Å². The second-order valence-electron chi connectivity index (χ2n) is 32.0. The van der Waals surface area contributed by atoms with Gasteiger partial charge in [-0.2, -0.15) is 0 Å². The Kier molecular flexibility index (Phi) is 15.4. The van der Waals surface area contributed by atoms with Gasteiger partial charge >= 0.3 is 0 Å². The minimum absolute atomic E-state index is 0.839. The molecule has 560 valence electrons. The molecule has 27 rings (SSSR count). The number of rotatable bonds is 8. The van der Waals surface area contributed by atoms with Crippen molar-refractivity contribution in [1.29, 1.82) is 0 Å². The van der Waals surface area contributed by atoms with E-state index in [9.17, 15) is 0 Å². The number of nitrogens with zero attached hydrogens (tertiary/aromatic N) is 5. The Morgan fingerprint density at radius 2 is 0.421 bits per heavy atom. The third-order valence-electron chi connectivity index (χ3n) is 25.6. The van der Waals surface area contributed by atoms with Crippen LogP contribution in [0.3, 0.4) is 0 Å². The highest BCUT2D eigenvalue weighted by Gasteiger charge is 2.31. The molecule has 5 nitrogen and oxygen atoms in total. The number of aromatic nitrogens is 5. The Hall–Kier alpha value is -16.1. The maximum atomic E-state index is 5.35. The molecule has 0 atom stereocenters. The first-order valence-corrected chi connectivity index (χ1v) is 41.7. The van der Waals surface area contributed by atoms with Crippen molar-refractivity contribution in [3.05, 3.63) is 431 Å². The molecule has 0 saturated carbocycles. The first-order valence-electron chi connectivity index (χ1n) is 41.7. The Bertz CT molecular complexity index is 8400. The number of hydrogen-bond donors (Lipinski definition) is 0. The standard InChI is InChI=1S/C42H25N3.C40H25N.C34H21N/c1-3-12-26(13-4-1)28-22-23-33-30-17-8-7-16-29(30)31-18-11-21-36-39(31)40-37(25-24-32(28)38(33)40)45(36)42-41(27-14-5-2-6-15-27)43-34-19-9-10-20-35(34)44-42;1-3-11-26(12-4-1)28-15-9-16-29(25-28)41-36-20-10-19-33-31-17-7-8-18-32(31)35-22-21-30(27-13-5-2-6-14-27)34-23-24-37(41)40(38(34)35)39(33)36;1-3-10-22(11-4-1)24-18-19-29-26-15-8-7-14-25(26)27-16-9-17-30-33(27)34-31(21-20-28(24)32(29)34)35(30)23-12-5-2-6-13-23/h1-25H;1-25H;1-21H. The van der Waals surface area contributed by atoms with Gasteiger partial charge in [0.25, 0.3) is 0 Å². The number of fused-ring (bicyclic) bond motifs is 10. The van der Waals surface area contributed by atoms with E-state index in [-0.39, 0.29) is 0 Å². The zero-order valence-corrected chi connectivity index (χ0v) is 65.7. The van der Waals surface area contributed by atoms with Crippen molar-refractivity contribution < 1.29 is 0 Å². The van der Waals surface area contributed by atoms with Gasteiger partial charge < -0.3 is 9.13 Å². The van der Waals surface area contributed by atoms with Crippen LogP contribution in [-0.4, -0.2) is 23.7 Å². The SMILES string of the molecule is c1ccc(-c2ccc3c4c2ccc2c4c4c(cccc4n2-c2ccccc2)-c2ccccc2-3)cc1.c1ccc(-c2cccc(-n3c4cccc5c4c4c6c(ccc(-c7ccccc7)c6ccc43)-c3ccccc3-5)c2)cc1.c1ccc(-c2nc3ccccc3nc2-n2c3cccc4c3c3c5c(ccc(-c6ccccc6)c5ccc32)-c2ccccc2-4)cc1. The molecule has 0 saturated heterocycles. The van der Waals surface area contributed by atoms with Crippen molar-refractivity contribution >= 4 is 109 Å². The van der Waals surface area contributed by atoms with Crippen LogP contribution in [-0.2, 0) is 0 Å². The molecule has 4 aromatic heterocycles. The second kappa shape index (κ2) is 27.3. The lowest BCUT2D eigenvalue weighted by Gasteiger charge is -2.17. The highest BCUT2D eigenvalue weighted by Crippen LogP contribution is 2.56. The van der Waals surface area contributed by atoms with Crippen LogP contribution < -0.4 is 0 Å². The maximum absolute atomic E-state index is 5.35. The summed E-state index contributed by atoms with van der Waals surface area (Å²) in [5, 5.41) is 15.7. The van der Waals surface area contributed by atoms with Crippen molar-refractivity contribution in [3.63, 3.8) is 0 Å². The van der Waals surface area contributed by atoms with E-state index in [1.807, 2.05) is 24.3 Å². The van der Waals surface area contributed by atoms with Gasteiger partial charge in [-0.05, 0) is 200 Å². The van der Waals surface area contributed by atoms with E-state index < -0.39 is 0 Å². The third-order valence-corrected chi connectivity index (χ3v) is 25.6. The smallest absolute Gasteiger partial charge is 0.165 e. The number of hydrogen-bond acceptors (Lipinski definition) is 2. The summed E-state index contributed by atoms with van der Waals surface area (Å²) >= 11 is 0. The van der Waals surface area contributed by atoms with Crippen LogP contribution in [0.1, 0.15) is 0 Å². The lowest BCUT2D eigenvalue weighted by Crippen LogP contribution is -2.04. The summed E-state index contributed by atoms with van der Waals surface area (Å²) in [5.74, 6) is 0.839. The summed E-state index contributed by atoms with van der Waals surface area (Å²) in [6.45, 7) is 0. The van der Waals surface area contributed by atoms with Crippen LogP contribution in [0.15, 0.2) is 431 Å². The molecule has 5 heteroatoms. The normalized spacial score (nSPS) is 12.0. The van der Waals surface area contributed by atoms with E-state index in [1.165, 1.54) is 209 Å².